The van der Waals surface area contributed by atoms with Crippen LogP contribution in [0.15, 0.2) is 138 Å². The van der Waals surface area contributed by atoms with Crippen LogP contribution in [-0.4, -0.2) is 6.71 Å². The highest BCUT2D eigenvalue weighted by molar-refractivity contribution is 6.98. The van der Waals surface area contributed by atoms with Crippen molar-refractivity contribution in [3.63, 3.8) is 0 Å². The zero-order valence-corrected chi connectivity index (χ0v) is 23.6. The third kappa shape index (κ3) is 3.17. The highest BCUT2D eigenvalue weighted by Gasteiger charge is 2.44. The topological polar surface area (TPSA) is 16.4 Å². The Morgan fingerprint density at radius 1 is 0.548 bits per heavy atom. The summed E-state index contributed by atoms with van der Waals surface area (Å²) in [5.41, 5.74) is 14.7. The lowest BCUT2D eigenvalue weighted by Crippen LogP contribution is -2.58. The number of nitrogens with zero attached hydrogens (tertiary/aromatic N) is 1. The summed E-state index contributed by atoms with van der Waals surface area (Å²) in [5, 5.41) is 2.31. The zero-order chi connectivity index (χ0) is 28.0. The largest absolute Gasteiger partial charge is 0.456 e. The van der Waals surface area contributed by atoms with E-state index >= 15 is 0 Å². The first-order valence-electron chi connectivity index (χ1n) is 14.7. The Balaban J connectivity index is 1.32. The lowest BCUT2D eigenvalue weighted by atomic mass is 9.34. The Morgan fingerprint density at radius 3 is 2.17 bits per heavy atom. The van der Waals surface area contributed by atoms with Crippen molar-refractivity contribution in [2.24, 2.45) is 0 Å². The second-order valence-corrected chi connectivity index (χ2v) is 12.1. The Labute approximate surface area is 245 Å². The summed E-state index contributed by atoms with van der Waals surface area (Å²) in [6, 6.07) is 48.8. The van der Waals surface area contributed by atoms with Crippen LogP contribution in [0.5, 0.6) is 0 Å². The van der Waals surface area contributed by atoms with Crippen molar-refractivity contribution in [3.8, 4) is 11.1 Å². The normalized spacial score (nSPS) is 14.5. The summed E-state index contributed by atoms with van der Waals surface area (Å²) < 4.78 is 6.14. The van der Waals surface area contributed by atoms with E-state index in [0.717, 1.165) is 21.9 Å². The molecule has 0 saturated carbocycles. The van der Waals surface area contributed by atoms with Gasteiger partial charge in [0.1, 0.15) is 11.2 Å². The molecular formula is C39H28BNO. The van der Waals surface area contributed by atoms with Gasteiger partial charge in [0.05, 0.1) is 5.69 Å². The van der Waals surface area contributed by atoms with Gasteiger partial charge < -0.3 is 9.32 Å². The van der Waals surface area contributed by atoms with Crippen LogP contribution >= 0.6 is 0 Å². The highest BCUT2D eigenvalue weighted by Crippen LogP contribution is 2.52. The first-order chi connectivity index (χ1) is 20.6. The molecule has 0 spiro atoms. The molecule has 198 valence electrons. The van der Waals surface area contributed by atoms with E-state index < -0.39 is 0 Å². The van der Waals surface area contributed by atoms with Gasteiger partial charge >= 0.3 is 0 Å². The molecule has 0 bridgehead atoms. The molecule has 0 fully saturated rings. The monoisotopic (exact) mass is 537 g/mol. The Morgan fingerprint density at radius 2 is 1.26 bits per heavy atom. The van der Waals surface area contributed by atoms with Gasteiger partial charge in [0.15, 0.2) is 0 Å². The molecule has 3 heterocycles. The third-order valence-corrected chi connectivity index (χ3v) is 9.52. The van der Waals surface area contributed by atoms with Gasteiger partial charge in [-0.05, 0) is 63.5 Å². The van der Waals surface area contributed by atoms with Crippen LogP contribution in [-0.2, 0) is 5.41 Å². The number of fused-ring (bicyclic) bond motifs is 7. The standard InChI is InChI=1S/C39H28BNO/c1-39(2)30-14-7-8-17-34(30)41-35-24-26(25-20-22-37-29(23-25)28-13-6-9-18-36(28)42-37)19-21-32(35)40(27-11-4-3-5-12-27)33-16-10-15-31(39)38(33)41/h3-24H,1-2H3. The lowest BCUT2D eigenvalue weighted by Gasteiger charge is -2.47. The molecule has 0 amide bonds. The second kappa shape index (κ2) is 8.50. The predicted molar refractivity (Wildman–Crippen MR) is 177 cm³/mol. The molecule has 0 saturated heterocycles. The first-order valence-corrected chi connectivity index (χ1v) is 14.7. The molecule has 0 N–H and O–H groups in total. The fraction of sp³-hybridized carbons (Fsp3) is 0.0769. The van der Waals surface area contributed by atoms with Gasteiger partial charge in [-0.3, -0.25) is 0 Å². The predicted octanol–water partition coefficient (Wildman–Crippen LogP) is 8.19. The number of hydrogen-bond acceptors (Lipinski definition) is 2. The summed E-state index contributed by atoms with van der Waals surface area (Å²) in [5.74, 6) is 0. The minimum absolute atomic E-state index is 0.109. The molecule has 1 aromatic heterocycles. The van der Waals surface area contributed by atoms with Crippen molar-refractivity contribution in [2.75, 3.05) is 4.90 Å². The number of hydrogen-bond donors (Lipinski definition) is 0. The molecule has 6 aromatic carbocycles. The van der Waals surface area contributed by atoms with E-state index in [2.05, 4.69) is 140 Å². The van der Waals surface area contributed by atoms with E-state index in [4.69, 9.17) is 4.42 Å². The Kier molecular flexibility index (Phi) is 4.79. The van der Waals surface area contributed by atoms with Gasteiger partial charge in [0.25, 0.3) is 0 Å². The van der Waals surface area contributed by atoms with E-state index in [0.29, 0.717) is 0 Å². The van der Waals surface area contributed by atoms with E-state index in [1.807, 2.05) is 12.1 Å². The maximum absolute atomic E-state index is 6.14. The molecule has 2 aliphatic heterocycles. The molecule has 2 aliphatic rings. The quantitative estimate of drug-likeness (QED) is 0.207. The van der Waals surface area contributed by atoms with Crippen LogP contribution in [0.1, 0.15) is 25.0 Å². The number of furan rings is 1. The van der Waals surface area contributed by atoms with Gasteiger partial charge in [0.2, 0.25) is 6.71 Å². The van der Waals surface area contributed by atoms with Crippen LogP contribution in [0.4, 0.5) is 17.1 Å². The number of benzene rings is 6. The van der Waals surface area contributed by atoms with Gasteiger partial charge in [-0.15, -0.1) is 0 Å². The van der Waals surface area contributed by atoms with Crippen molar-refractivity contribution in [1.29, 1.82) is 0 Å². The molecule has 7 aromatic rings. The fourth-order valence-electron chi connectivity index (χ4n) is 7.50. The number of para-hydroxylation sites is 3. The maximum atomic E-state index is 6.14. The zero-order valence-electron chi connectivity index (χ0n) is 23.6. The van der Waals surface area contributed by atoms with Crippen molar-refractivity contribution >= 4 is 62.1 Å². The average Bonchev–Trinajstić information content (AvgIpc) is 3.41. The second-order valence-electron chi connectivity index (χ2n) is 12.1. The van der Waals surface area contributed by atoms with Crippen LogP contribution in [0.25, 0.3) is 33.1 Å². The molecule has 0 aliphatic carbocycles. The van der Waals surface area contributed by atoms with Crippen LogP contribution in [0, 0.1) is 0 Å². The molecule has 0 radical (unpaired) electrons. The summed E-state index contributed by atoms with van der Waals surface area (Å²) in [7, 11) is 0. The number of rotatable bonds is 2. The molecule has 42 heavy (non-hydrogen) atoms. The lowest BCUT2D eigenvalue weighted by molar-refractivity contribution is 0.632. The van der Waals surface area contributed by atoms with Crippen molar-refractivity contribution < 1.29 is 4.42 Å². The minimum Gasteiger partial charge on any atom is -0.456 e. The minimum atomic E-state index is -0.109. The fourth-order valence-corrected chi connectivity index (χ4v) is 7.50. The smallest absolute Gasteiger partial charge is 0.246 e. The molecule has 0 atom stereocenters. The first kappa shape index (κ1) is 23.7. The summed E-state index contributed by atoms with van der Waals surface area (Å²) in [4.78, 5) is 2.54. The molecule has 9 rings (SSSR count). The third-order valence-electron chi connectivity index (χ3n) is 9.52. The molecule has 3 heteroatoms. The Bertz CT molecular complexity index is 2190. The van der Waals surface area contributed by atoms with Crippen LogP contribution < -0.4 is 21.3 Å². The van der Waals surface area contributed by atoms with E-state index in [1.165, 1.54) is 55.7 Å². The summed E-state index contributed by atoms with van der Waals surface area (Å²) in [6.07, 6.45) is 0. The van der Waals surface area contributed by atoms with Gasteiger partial charge in [-0.2, -0.15) is 0 Å². The number of anilines is 3. The SMILES string of the molecule is CC1(C)c2ccccc2N2c3cc(-c4ccc5oc6ccccc6c5c4)ccc3B(c3ccccc3)c3cccc1c32. The molecular weight excluding hydrogens is 509 g/mol. The van der Waals surface area contributed by atoms with Crippen molar-refractivity contribution in [3.05, 3.63) is 145 Å². The van der Waals surface area contributed by atoms with Gasteiger partial charge in [-0.1, -0.05) is 122 Å². The highest BCUT2D eigenvalue weighted by atomic mass is 16.3. The van der Waals surface area contributed by atoms with Gasteiger partial charge in [-0.25, -0.2) is 0 Å². The summed E-state index contributed by atoms with van der Waals surface area (Å²) >= 11 is 0. The molecule has 2 nitrogen and oxygen atoms in total. The van der Waals surface area contributed by atoms with Crippen molar-refractivity contribution in [2.45, 2.75) is 19.3 Å². The van der Waals surface area contributed by atoms with E-state index in [1.54, 1.807) is 0 Å². The molecule has 0 unspecified atom stereocenters. The summed E-state index contributed by atoms with van der Waals surface area (Å²) in [6.45, 7) is 4.89. The van der Waals surface area contributed by atoms with Gasteiger partial charge in [0, 0.05) is 27.6 Å². The van der Waals surface area contributed by atoms with Crippen molar-refractivity contribution in [1.82, 2.24) is 0 Å². The van der Waals surface area contributed by atoms with E-state index in [-0.39, 0.29) is 12.1 Å². The average molecular weight is 537 g/mol. The van der Waals surface area contributed by atoms with Crippen LogP contribution in [0.2, 0.25) is 0 Å². The Hall–Kier alpha value is -5.02. The van der Waals surface area contributed by atoms with E-state index in [9.17, 15) is 0 Å². The van der Waals surface area contributed by atoms with Crippen LogP contribution in [0.3, 0.4) is 0 Å². The maximum Gasteiger partial charge on any atom is 0.246 e.